The highest BCUT2D eigenvalue weighted by Gasteiger charge is 2.26. The van der Waals surface area contributed by atoms with Crippen LogP contribution in [-0.2, 0) is 21.2 Å². The Morgan fingerprint density at radius 3 is 2.71 bits per heavy atom. The Balaban J connectivity index is 1.62. The fourth-order valence-electron chi connectivity index (χ4n) is 4.02. The molecule has 9 nitrogen and oxygen atoms in total. The maximum Gasteiger partial charge on any atom is 0.283 e. The van der Waals surface area contributed by atoms with Gasteiger partial charge in [-0.05, 0) is 36.8 Å². The summed E-state index contributed by atoms with van der Waals surface area (Å²) in [5.74, 6) is 0.0589. The van der Waals surface area contributed by atoms with E-state index >= 15 is 0 Å². The number of nitrogens with one attached hydrogen (secondary N) is 2. The standard InChI is InChI=1S/C21H23N5O4S/c1-2-17-16-5-3-14(25-9-7-22-8-10-25)11-19(16)26(24-17)31(28,29)15-4-6-18-20(12-15)30-13-21(27)23-18/h3-6,11-12,22H,2,7-10,13H2,1H3,(H,23,27). The van der Waals surface area contributed by atoms with Crippen LogP contribution in [0.1, 0.15) is 12.6 Å². The Morgan fingerprint density at radius 1 is 1.13 bits per heavy atom. The van der Waals surface area contributed by atoms with Gasteiger partial charge in [0.05, 0.1) is 21.8 Å². The first-order valence-electron chi connectivity index (χ1n) is 10.3. The molecular weight excluding hydrogens is 418 g/mol. The molecule has 162 valence electrons. The second-order valence-corrected chi connectivity index (χ2v) is 9.35. The van der Waals surface area contributed by atoms with Gasteiger partial charge in [-0.3, -0.25) is 4.79 Å². The van der Waals surface area contributed by atoms with Crippen LogP contribution in [0.4, 0.5) is 11.4 Å². The largest absolute Gasteiger partial charge is 0.482 e. The SMILES string of the molecule is CCc1nn(S(=O)(=O)c2ccc3c(c2)OCC(=O)N3)c2cc(N3CCNCC3)ccc12. The summed E-state index contributed by atoms with van der Waals surface area (Å²) in [7, 11) is -3.97. The second kappa shape index (κ2) is 7.54. The van der Waals surface area contributed by atoms with E-state index in [9.17, 15) is 13.2 Å². The summed E-state index contributed by atoms with van der Waals surface area (Å²) in [6.45, 7) is 5.32. The number of fused-ring (bicyclic) bond motifs is 2. The molecule has 5 rings (SSSR count). The summed E-state index contributed by atoms with van der Waals surface area (Å²) in [6.07, 6.45) is 0.616. The number of aryl methyl sites for hydroxylation is 1. The van der Waals surface area contributed by atoms with Crippen molar-refractivity contribution in [2.24, 2.45) is 0 Å². The van der Waals surface area contributed by atoms with Gasteiger partial charge in [0.1, 0.15) is 5.75 Å². The van der Waals surface area contributed by atoms with Crippen molar-refractivity contribution in [3.63, 3.8) is 0 Å². The predicted octanol–water partition coefficient (Wildman–Crippen LogP) is 1.58. The van der Waals surface area contributed by atoms with Crippen LogP contribution < -0.4 is 20.3 Å². The van der Waals surface area contributed by atoms with Crippen LogP contribution in [-0.4, -0.2) is 56.3 Å². The number of aromatic nitrogens is 2. The van der Waals surface area contributed by atoms with Gasteiger partial charge in [-0.2, -0.15) is 17.6 Å². The third-order valence-corrected chi connectivity index (χ3v) is 7.22. The van der Waals surface area contributed by atoms with E-state index in [0.29, 0.717) is 23.4 Å². The highest BCUT2D eigenvalue weighted by molar-refractivity contribution is 7.90. The van der Waals surface area contributed by atoms with Crippen molar-refractivity contribution in [1.29, 1.82) is 0 Å². The van der Waals surface area contributed by atoms with E-state index in [0.717, 1.165) is 47.0 Å². The fraction of sp³-hybridized carbons (Fsp3) is 0.333. The number of anilines is 2. The zero-order valence-electron chi connectivity index (χ0n) is 17.1. The number of nitrogens with zero attached hydrogens (tertiary/aromatic N) is 3. The molecule has 3 aromatic rings. The number of hydrogen-bond acceptors (Lipinski definition) is 7. The molecule has 2 aromatic carbocycles. The molecule has 0 spiro atoms. The zero-order chi connectivity index (χ0) is 21.6. The number of amides is 1. The topological polar surface area (TPSA) is 106 Å². The van der Waals surface area contributed by atoms with E-state index in [-0.39, 0.29) is 17.4 Å². The molecule has 0 bridgehead atoms. The fourth-order valence-corrected chi connectivity index (χ4v) is 5.33. The van der Waals surface area contributed by atoms with E-state index in [1.54, 1.807) is 0 Å². The van der Waals surface area contributed by atoms with E-state index < -0.39 is 10.0 Å². The van der Waals surface area contributed by atoms with Crippen LogP contribution in [0.2, 0.25) is 0 Å². The van der Waals surface area contributed by atoms with Gasteiger partial charge in [0.25, 0.3) is 15.9 Å². The third kappa shape index (κ3) is 3.41. The summed E-state index contributed by atoms with van der Waals surface area (Å²) in [5, 5.41) is 11.3. The summed E-state index contributed by atoms with van der Waals surface area (Å²) in [4.78, 5) is 13.8. The number of benzene rings is 2. The maximum absolute atomic E-state index is 13.5. The smallest absolute Gasteiger partial charge is 0.283 e. The Bertz CT molecular complexity index is 1280. The molecule has 2 N–H and O–H groups in total. The molecule has 10 heteroatoms. The Labute approximate surface area is 180 Å². The number of piperazine rings is 1. The molecule has 0 saturated carbocycles. The minimum Gasteiger partial charge on any atom is -0.482 e. The lowest BCUT2D eigenvalue weighted by atomic mass is 10.1. The van der Waals surface area contributed by atoms with Gasteiger partial charge in [0, 0.05) is 43.3 Å². The monoisotopic (exact) mass is 441 g/mol. The van der Waals surface area contributed by atoms with E-state index in [2.05, 4.69) is 20.6 Å². The number of carbonyl (C=O) groups excluding carboxylic acids is 1. The van der Waals surface area contributed by atoms with Crippen molar-refractivity contribution >= 4 is 38.2 Å². The van der Waals surface area contributed by atoms with Gasteiger partial charge in [-0.15, -0.1) is 0 Å². The van der Waals surface area contributed by atoms with Gasteiger partial charge < -0.3 is 20.3 Å². The lowest BCUT2D eigenvalue weighted by molar-refractivity contribution is -0.118. The van der Waals surface area contributed by atoms with Crippen LogP contribution in [0.15, 0.2) is 41.3 Å². The minimum absolute atomic E-state index is 0.0574. The van der Waals surface area contributed by atoms with Crippen molar-refractivity contribution in [2.45, 2.75) is 18.2 Å². The summed E-state index contributed by atoms with van der Waals surface area (Å²) in [6, 6.07) is 10.3. The van der Waals surface area contributed by atoms with Crippen LogP contribution in [0.3, 0.4) is 0 Å². The predicted molar refractivity (Wildman–Crippen MR) is 117 cm³/mol. The average Bonchev–Trinajstić information content (AvgIpc) is 3.18. The second-order valence-electron chi connectivity index (χ2n) is 7.58. The minimum atomic E-state index is -3.97. The van der Waals surface area contributed by atoms with Crippen molar-refractivity contribution in [2.75, 3.05) is 43.0 Å². The van der Waals surface area contributed by atoms with Gasteiger partial charge in [0.15, 0.2) is 6.61 Å². The number of hydrogen-bond donors (Lipinski definition) is 2. The molecule has 3 heterocycles. The van der Waals surface area contributed by atoms with Crippen molar-refractivity contribution in [3.05, 3.63) is 42.1 Å². The Morgan fingerprint density at radius 2 is 1.94 bits per heavy atom. The molecule has 0 atom stereocenters. The molecule has 0 aliphatic carbocycles. The molecule has 1 fully saturated rings. The lowest BCUT2D eigenvalue weighted by Crippen LogP contribution is -2.43. The average molecular weight is 442 g/mol. The molecule has 31 heavy (non-hydrogen) atoms. The first-order valence-corrected chi connectivity index (χ1v) is 11.7. The quantitative estimate of drug-likeness (QED) is 0.633. The molecule has 0 unspecified atom stereocenters. The van der Waals surface area contributed by atoms with Crippen LogP contribution >= 0.6 is 0 Å². The lowest BCUT2D eigenvalue weighted by Gasteiger charge is -2.29. The first kappa shape index (κ1) is 19.8. The van der Waals surface area contributed by atoms with Crippen molar-refractivity contribution in [1.82, 2.24) is 14.5 Å². The van der Waals surface area contributed by atoms with E-state index in [1.165, 1.54) is 18.2 Å². The van der Waals surface area contributed by atoms with Crippen molar-refractivity contribution < 1.29 is 17.9 Å². The number of ether oxygens (including phenoxy) is 1. The number of carbonyl (C=O) groups is 1. The molecule has 1 amide bonds. The summed E-state index contributed by atoms with van der Waals surface area (Å²) in [5.41, 5.74) is 2.71. The van der Waals surface area contributed by atoms with Crippen LogP contribution in [0.25, 0.3) is 10.9 Å². The normalized spacial score (nSPS) is 16.7. The Hall–Kier alpha value is -3.11. The van der Waals surface area contributed by atoms with E-state index in [4.69, 9.17) is 4.74 Å². The summed E-state index contributed by atoms with van der Waals surface area (Å²) >= 11 is 0. The van der Waals surface area contributed by atoms with Gasteiger partial charge in [-0.25, -0.2) is 0 Å². The maximum atomic E-state index is 13.5. The molecule has 2 aliphatic rings. The van der Waals surface area contributed by atoms with Gasteiger partial charge in [0.2, 0.25) is 0 Å². The highest BCUT2D eigenvalue weighted by Crippen LogP contribution is 2.33. The number of rotatable bonds is 4. The third-order valence-electron chi connectivity index (χ3n) is 5.64. The Kier molecular flexibility index (Phi) is 4.82. The van der Waals surface area contributed by atoms with Crippen molar-refractivity contribution in [3.8, 4) is 5.75 Å². The van der Waals surface area contributed by atoms with Crippen LogP contribution in [0, 0.1) is 0 Å². The molecule has 0 radical (unpaired) electrons. The summed E-state index contributed by atoms with van der Waals surface area (Å²) < 4.78 is 33.6. The van der Waals surface area contributed by atoms with E-state index in [1.807, 2.05) is 25.1 Å². The van der Waals surface area contributed by atoms with Gasteiger partial charge >= 0.3 is 0 Å². The zero-order valence-corrected chi connectivity index (χ0v) is 17.9. The highest BCUT2D eigenvalue weighted by atomic mass is 32.2. The van der Waals surface area contributed by atoms with Crippen LogP contribution in [0.5, 0.6) is 5.75 Å². The molecule has 2 aliphatic heterocycles. The molecule has 1 aromatic heterocycles. The molecule has 1 saturated heterocycles. The first-order chi connectivity index (χ1) is 15.0. The molecular formula is C21H23N5O4S. The van der Waals surface area contributed by atoms with Gasteiger partial charge in [-0.1, -0.05) is 6.92 Å².